The number of nitrogens with zero attached hydrogens (tertiary/aromatic N) is 2. The Hall–Kier alpha value is -1.42. The molecule has 2 rings (SSSR count). The van der Waals surface area contributed by atoms with Gasteiger partial charge >= 0.3 is 0 Å². The molecule has 4 heteroatoms. The van der Waals surface area contributed by atoms with E-state index >= 15 is 0 Å². The quantitative estimate of drug-likeness (QED) is 0.930. The van der Waals surface area contributed by atoms with Crippen LogP contribution in [-0.4, -0.2) is 9.97 Å². The van der Waals surface area contributed by atoms with Crippen molar-refractivity contribution >= 4 is 21.7 Å². The molecule has 0 aliphatic rings. The predicted molar refractivity (Wildman–Crippen MR) is 82.9 cm³/mol. The van der Waals surface area contributed by atoms with E-state index in [-0.39, 0.29) is 0 Å². The van der Waals surface area contributed by atoms with Gasteiger partial charge in [-0.2, -0.15) is 0 Å². The molecule has 1 aromatic heterocycles. The van der Waals surface area contributed by atoms with E-state index < -0.39 is 0 Å². The van der Waals surface area contributed by atoms with Crippen molar-refractivity contribution in [3.8, 4) is 11.4 Å². The molecule has 1 heterocycles. The number of nitrogen functional groups attached to an aromatic ring is 1. The Morgan fingerprint density at radius 3 is 2.32 bits per heavy atom. The lowest BCUT2D eigenvalue weighted by Crippen LogP contribution is -2.00. The van der Waals surface area contributed by atoms with Crippen molar-refractivity contribution < 1.29 is 0 Å². The van der Waals surface area contributed by atoms with Crippen molar-refractivity contribution in [2.24, 2.45) is 5.92 Å². The van der Waals surface area contributed by atoms with Crippen molar-refractivity contribution in [1.82, 2.24) is 9.97 Å². The van der Waals surface area contributed by atoms with E-state index in [0.29, 0.717) is 17.6 Å². The molecular weight excluding hydrogens is 302 g/mol. The molecule has 0 radical (unpaired) electrons. The molecule has 100 valence electrons. The highest BCUT2D eigenvalue weighted by molar-refractivity contribution is 9.10. The van der Waals surface area contributed by atoms with Crippen molar-refractivity contribution in [1.29, 1.82) is 0 Å². The second kappa shape index (κ2) is 5.70. The fourth-order valence-electron chi connectivity index (χ4n) is 1.97. The van der Waals surface area contributed by atoms with Crippen molar-refractivity contribution in [2.45, 2.75) is 27.2 Å². The number of nitrogens with two attached hydrogens (primary N) is 1. The van der Waals surface area contributed by atoms with Gasteiger partial charge in [0.15, 0.2) is 5.82 Å². The van der Waals surface area contributed by atoms with E-state index in [4.69, 9.17) is 5.73 Å². The topological polar surface area (TPSA) is 51.8 Å². The second-order valence-corrected chi connectivity index (χ2v) is 5.92. The molecule has 0 spiro atoms. The number of hydrogen-bond donors (Lipinski definition) is 1. The minimum atomic E-state index is 0.480. The molecule has 1 aromatic carbocycles. The van der Waals surface area contributed by atoms with E-state index in [9.17, 15) is 0 Å². The molecule has 19 heavy (non-hydrogen) atoms. The van der Waals surface area contributed by atoms with E-state index in [1.807, 2.05) is 6.92 Å². The first-order valence-electron chi connectivity index (χ1n) is 6.36. The number of halogens is 1. The van der Waals surface area contributed by atoms with Crippen molar-refractivity contribution in [2.75, 3.05) is 5.73 Å². The lowest BCUT2D eigenvalue weighted by molar-refractivity contribution is 0.647. The van der Waals surface area contributed by atoms with Crippen molar-refractivity contribution in [3.63, 3.8) is 0 Å². The Kier molecular flexibility index (Phi) is 4.20. The molecule has 0 fully saturated rings. The van der Waals surface area contributed by atoms with Gasteiger partial charge in [-0.25, -0.2) is 9.97 Å². The summed E-state index contributed by atoms with van der Waals surface area (Å²) in [5, 5.41) is 0. The van der Waals surface area contributed by atoms with Crippen molar-refractivity contribution in [3.05, 3.63) is 40.0 Å². The van der Waals surface area contributed by atoms with Crippen LogP contribution in [0.15, 0.2) is 28.7 Å². The van der Waals surface area contributed by atoms with Gasteiger partial charge in [-0.3, -0.25) is 0 Å². The Bertz CT molecular complexity index is 553. The maximum atomic E-state index is 5.86. The van der Waals surface area contributed by atoms with Crippen LogP contribution in [0.5, 0.6) is 0 Å². The standard InChI is InChI=1S/C15H18BrN3/c1-9(2)8-11-4-6-12(7-5-11)15-18-10(3)13(16)14(17)19-15/h4-7,9H,8H2,1-3H3,(H2,17,18,19). The average molecular weight is 320 g/mol. The van der Waals surface area contributed by atoms with E-state index in [0.717, 1.165) is 22.2 Å². The number of anilines is 1. The maximum Gasteiger partial charge on any atom is 0.161 e. The number of aromatic nitrogens is 2. The van der Waals surface area contributed by atoms with E-state index in [1.165, 1.54) is 5.56 Å². The summed E-state index contributed by atoms with van der Waals surface area (Å²) in [6, 6.07) is 8.37. The Labute approximate surface area is 122 Å². The minimum Gasteiger partial charge on any atom is -0.383 e. The SMILES string of the molecule is Cc1nc(-c2ccc(CC(C)C)cc2)nc(N)c1Br. The van der Waals surface area contributed by atoms with Gasteiger partial charge in [-0.1, -0.05) is 38.1 Å². The summed E-state index contributed by atoms with van der Waals surface area (Å²) in [7, 11) is 0. The molecule has 0 saturated carbocycles. The van der Waals surface area contributed by atoms with Crippen LogP contribution in [0.2, 0.25) is 0 Å². The largest absolute Gasteiger partial charge is 0.383 e. The summed E-state index contributed by atoms with van der Waals surface area (Å²) in [6.07, 6.45) is 1.09. The van der Waals surface area contributed by atoms with Crippen LogP contribution in [0.25, 0.3) is 11.4 Å². The lowest BCUT2D eigenvalue weighted by atomic mass is 10.0. The fourth-order valence-corrected chi connectivity index (χ4v) is 2.15. The minimum absolute atomic E-state index is 0.480. The highest BCUT2D eigenvalue weighted by atomic mass is 79.9. The molecule has 0 aliphatic heterocycles. The second-order valence-electron chi connectivity index (χ2n) is 5.13. The molecule has 0 atom stereocenters. The Morgan fingerprint density at radius 2 is 1.79 bits per heavy atom. The number of rotatable bonds is 3. The zero-order valence-corrected chi connectivity index (χ0v) is 13.0. The average Bonchev–Trinajstić information content (AvgIpc) is 2.35. The highest BCUT2D eigenvalue weighted by Gasteiger charge is 2.08. The molecule has 0 saturated heterocycles. The normalized spacial score (nSPS) is 11.0. The third-order valence-electron chi connectivity index (χ3n) is 2.90. The summed E-state index contributed by atoms with van der Waals surface area (Å²) in [5.41, 5.74) is 9.04. The summed E-state index contributed by atoms with van der Waals surface area (Å²) in [6.45, 7) is 6.35. The third kappa shape index (κ3) is 3.32. The summed E-state index contributed by atoms with van der Waals surface area (Å²) in [4.78, 5) is 8.77. The highest BCUT2D eigenvalue weighted by Crippen LogP contribution is 2.24. The van der Waals surface area contributed by atoms with Crippen LogP contribution in [0.3, 0.4) is 0 Å². The Balaban J connectivity index is 2.32. The van der Waals surface area contributed by atoms with Crippen LogP contribution in [0.4, 0.5) is 5.82 Å². The summed E-state index contributed by atoms with van der Waals surface area (Å²) < 4.78 is 0.771. The number of hydrogen-bond acceptors (Lipinski definition) is 3. The molecule has 2 N–H and O–H groups in total. The molecule has 2 aromatic rings. The van der Waals surface area contributed by atoms with Gasteiger partial charge in [0.25, 0.3) is 0 Å². The number of aryl methyl sites for hydroxylation is 1. The van der Waals surface area contributed by atoms with Crippen LogP contribution in [-0.2, 0) is 6.42 Å². The molecule has 0 amide bonds. The zero-order chi connectivity index (χ0) is 14.0. The molecule has 3 nitrogen and oxygen atoms in total. The monoisotopic (exact) mass is 319 g/mol. The first kappa shape index (κ1) is 14.0. The van der Waals surface area contributed by atoms with Gasteiger partial charge in [-0.15, -0.1) is 0 Å². The number of benzene rings is 1. The Morgan fingerprint density at radius 1 is 1.16 bits per heavy atom. The van der Waals surface area contributed by atoms with Gasteiger partial charge in [-0.05, 0) is 40.8 Å². The summed E-state index contributed by atoms with van der Waals surface area (Å²) in [5.74, 6) is 1.82. The van der Waals surface area contributed by atoms with Gasteiger partial charge < -0.3 is 5.73 Å². The first-order valence-corrected chi connectivity index (χ1v) is 7.15. The van der Waals surface area contributed by atoms with Gasteiger partial charge in [0.05, 0.1) is 10.2 Å². The van der Waals surface area contributed by atoms with Crippen LogP contribution in [0, 0.1) is 12.8 Å². The molecule has 0 bridgehead atoms. The first-order chi connectivity index (χ1) is 8.97. The van der Waals surface area contributed by atoms with Gasteiger partial charge in [0.2, 0.25) is 0 Å². The summed E-state index contributed by atoms with van der Waals surface area (Å²) >= 11 is 3.37. The van der Waals surface area contributed by atoms with Crippen LogP contribution < -0.4 is 5.73 Å². The molecule has 0 aliphatic carbocycles. The predicted octanol–water partition coefficient (Wildman–Crippen LogP) is 4.00. The van der Waals surface area contributed by atoms with Crippen LogP contribution in [0.1, 0.15) is 25.1 Å². The lowest BCUT2D eigenvalue weighted by Gasteiger charge is -2.08. The third-order valence-corrected chi connectivity index (χ3v) is 3.88. The maximum absolute atomic E-state index is 5.86. The smallest absolute Gasteiger partial charge is 0.161 e. The molecule has 0 unspecified atom stereocenters. The van der Waals surface area contributed by atoms with Crippen LogP contribution >= 0.6 is 15.9 Å². The van der Waals surface area contributed by atoms with Gasteiger partial charge in [0, 0.05) is 5.56 Å². The van der Waals surface area contributed by atoms with E-state index in [2.05, 4.69) is 64.0 Å². The zero-order valence-electron chi connectivity index (χ0n) is 11.4. The fraction of sp³-hybridized carbons (Fsp3) is 0.333. The molecular formula is C15H18BrN3. The van der Waals surface area contributed by atoms with Gasteiger partial charge in [0.1, 0.15) is 5.82 Å². The van der Waals surface area contributed by atoms with E-state index in [1.54, 1.807) is 0 Å².